The fourth-order valence-corrected chi connectivity index (χ4v) is 2.10. The van der Waals surface area contributed by atoms with E-state index in [9.17, 15) is 14.4 Å². The van der Waals surface area contributed by atoms with Gasteiger partial charge in [0.25, 0.3) is 0 Å². The summed E-state index contributed by atoms with van der Waals surface area (Å²) < 4.78 is 4.96. The van der Waals surface area contributed by atoms with E-state index in [0.717, 1.165) is 18.4 Å². The molecule has 0 aliphatic heterocycles. The number of carbonyl (C=O) groups is 3. The number of Topliss-reactive ketones (excluding diaryl/α,β-unsaturated/α-hetero) is 2. The Kier molecular flexibility index (Phi) is 5.67. The molecule has 4 nitrogen and oxygen atoms in total. The van der Waals surface area contributed by atoms with Gasteiger partial charge in [-0.1, -0.05) is 30.3 Å². The van der Waals surface area contributed by atoms with Crippen molar-refractivity contribution in [2.75, 3.05) is 0 Å². The van der Waals surface area contributed by atoms with Gasteiger partial charge in [0.05, 0.1) is 0 Å². The first-order valence-corrected chi connectivity index (χ1v) is 7.43. The molecule has 1 saturated carbocycles. The van der Waals surface area contributed by atoms with Crippen molar-refractivity contribution in [2.45, 2.75) is 45.1 Å². The molecule has 0 atom stereocenters. The second-order valence-electron chi connectivity index (χ2n) is 5.43. The van der Waals surface area contributed by atoms with Crippen LogP contribution >= 0.6 is 0 Å². The van der Waals surface area contributed by atoms with E-state index in [4.69, 9.17) is 4.74 Å². The Hall–Kier alpha value is -1.97. The lowest BCUT2D eigenvalue weighted by Crippen LogP contribution is -2.17. The second kappa shape index (κ2) is 7.72. The molecule has 0 heterocycles. The van der Waals surface area contributed by atoms with E-state index in [0.29, 0.717) is 25.0 Å². The van der Waals surface area contributed by atoms with Crippen molar-refractivity contribution in [3.63, 3.8) is 0 Å². The normalized spacial score (nSPS) is 13.7. The van der Waals surface area contributed by atoms with Crippen molar-refractivity contribution < 1.29 is 19.1 Å². The average Bonchev–Trinajstić information content (AvgIpc) is 3.34. The SMILES string of the molecule is O=C(CCCCC(=O)C1CC1)C(=O)OCc1ccccc1. The third-order valence-electron chi connectivity index (χ3n) is 3.55. The Bertz CT molecular complexity index is 503. The van der Waals surface area contributed by atoms with Crippen molar-refractivity contribution in [3.05, 3.63) is 35.9 Å². The summed E-state index contributed by atoms with van der Waals surface area (Å²) in [5.41, 5.74) is 0.855. The van der Waals surface area contributed by atoms with E-state index in [1.54, 1.807) is 0 Å². The van der Waals surface area contributed by atoms with Gasteiger partial charge in [-0.3, -0.25) is 9.59 Å². The Morgan fingerprint density at radius 1 is 1.00 bits per heavy atom. The first-order valence-electron chi connectivity index (χ1n) is 7.43. The minimum Gasteiger partial charge on any atom is -0.455 e. The van der Waals surface area contributed by atoms with Crippen LogP contribution in [-0.2, 0) is 25.7 Å². The number of hydrogen-bond acceptors (Lipinski definition) is 4. The first kappa shape index (κ1) is 15.4. The number of rotatable bonds is 9. The van der Waals surface area contributed by atoms with Crippen molar-refractivity contribution in [3.8, 4) is 0 Å². The maximum Gasteiger partial charge on any atom is 0.374 e. The molecule has 0 amide bonds. The van der Waals surface area contributed by atoms with E-state index >= 15 is 0 Å². The van der Waals surface area contributed by atoms with Crippen LogP contribution in [0, 0.1) is 5.92 Å². The molecule has 0 aromatic heterocycles. The molecule has 0 radical (unpaired) electrons. The van der Waals surface area contributed by atoms with Gasteiger partial charge in [0.15, 0.2) is 0 Å². The van der Waals surface area contributed by atoms with Gasteiger partial charge in [-0.25, -0.2) is 4.79 Å². The molecule has 1 aliphatic carbocycles. The molecular weight excluding hydrogens is 268 g/mol. The number of ether oxygens (including phenoxy) is 1. The molecule has 0 unspecified atom stereocenters. The minimum atomic E-state index is -0.785. The minimum absolute atomic E-state index is 0.117. The van der Waals surface area contributed by atoms with Crippen LogP contribution in [0.1, 0.15) is 44.1 Å². The monoisotopic (exact) mass is 288 g/mol. The summed E-state index contributed by atoms with van der Waals surface area (Å²) in [6.07, 6.45) is 3.96. The molecule has 4 heteroatoms. The third kappa shape index (κ3) is 5.50. The molecule has 0 bridgehead atoms. The molecule has 1 fully saturated rings. The summed E-state index contributed by atoms with van der Waals surface area (Å²) in [6, 6.07) is 9.24. The number of benzene rings is 1. The van der Waals surface area contributed by atoms with Crippen LogP contribution in [-0.4, -0.2) is 17.5 Å². The summed E-state index contributed by atoms with van der Waals surface area (Å²) >= 11 is 0. The molecule has 0 spiro atoms. The molecule has 0 N–H and O–H groups in total. The van der Waals surface area contributed by atoms with Gasteiger partial charge in [0.1, 0.15) is 12.4 Å². The standard InChI is InChI=1S/C17H20O4/c18-15(14-10-11-14)8-4-5-9-16(19)17(20)21-12-13-6-2-1-3-7-13/h1-3,6-7,14H,4-5,8-12H2. The summed E-state index contributed by atoms with van der Waals surface area (Å²) in [5, 5.41) is 0. The Balaban J connectivity index is 1.58. The molecule has 2 rings (SSSR count). The topological polar surface area (TPSA) is 60.4 Å². The van der Waals surface area contributed by atoms with E-state index in [-0.39, 0.29) is 18.9 Å². The molecule has 21 heavy (non-hydrogen) atoms. The van der Waals surface area contributed by atoms with Gasteiger partial charge in [0.2, 0.25) is 5.78 Å². The average molecular weight is 288 g/mol. The smallest absolute Gasteiger partial charge is 0.374 e. The largest absolute Gasteiger partial charge is 0.455 e. The van der Waals surface area contributed by atoms with Crippen molar-refractivity contribution in [1.82, 2.24) is 0 Å². The van der Waals surface area contributed by atoms with Crippen LogP contribution in [0.4, 0.5) is 0 Å². The lowest BCUT2D eigenvalue weighted by molar-refractivity contribution is -0.154. The number of carbonyl (C=O) groups excluding carboxylic acids is 3. The maximum atomic E-state index is 11.6. The van der Waals surface area contributed by atoms with Crippen LogP contribution < -0.4 is 0 Å². The van der Waals surface area contributed by atoms with E-state index in [2.05, 4.69) is 0 Å². The van der Waals surface area contributed by atoms with Crippen molar-refractivity contribution in [2.24, 2.45) is 5.92 Å². The number of ketones is 2. The summed E-state index contributed by atoms with van der Waals surface area (Å²) in [7, 11) is 0. The molecule has 1 aromatic carbocycles. The van der Waals surface area contributed by atoms with Gasteiger partial charge < -0.3 is 4.74 Å². The predicted octanol–water partition coefficient (Wildman–Crippen LogP) is 2.84. The fraction of sp³-hybridized carbons (Fsp3) is 0.471. The van der Waals surface area contributed by atoms with Crippen LogP contribution in [0.2, 0.25) is 0 Å². The highest BCUT2D eigenvalue weighted by molar-refractivity contribution is 6.33. The molecule has 0 saturated heterocycles. The zero-order valence-corrected chi connectivity index (χ0v) is 12.0. The second-order valence-corrected chi connectivity index (χ2v) is 5.43. The summed E-state index contributed by atoms with van der Waals surface area (Å²) in [5.74, 6) is -0.720. The third-order valence-corrected chi connectivity index (χ3v) is 3.55. The number of unbranched alkanes of at least 4 members (excludes halogenated alkanes) is 1. The summed E-state index contributed by atoms with van der Waals surface area (Å²) in [4.78, 5) is 34.6. The van der Waals surface area contributed by atoms with Crippen molar-refractivity contribution >= 4 is 17.5 Å². The molecular formula is C17H20O4. The van der Waals surface area contributed by atoms with Crippen molar-refractivity contribution in [1.29, 1.82) is 0 Å². The highest BCUT2D eigenvalue weighted by Crippen LogP contribution is 2.31. The Labute approximate surface area is 124 Å². The van der Waals surface area contributed by atoms with Crippen LogP contribution in [0.25, 0.3) is 0 Å². The molecule has 1 aromatic rings. The first-order chi connectivity index (χ1) is 10.2. The zero-order valence-electron chi connectivity index (χ0n) is 12.0. The lowest BCUT2D eigenvalue weighted by atomic mass is 10.1. The summed E-state index contributed by atoms with van der Waals surface area (Å²) in [6.45, 7) is 0.117. The molecule has 112 valence electrons. The van der Waals surface area contributed by atoms with Gasteiger partial charge >= 0.3 is 5.97 Å². The van der Waals surface area contributed by atoms with Gasteiger partial charge in [-0.15, -0.1) is 0 Å². The van der Waals surface area contributed by atoms with Gasteiger partial charge in [-0.2, -0.15) is 0 Å². The predicted molar refractivity (Wildman–Crippen MR) is 77.4 cm³/mol. The highest BCUT2D eigenvalue weighted by atomic mass is 16.5. The number of esters is 1. The van der Waals surface area contributed by atoms with E-state index in [1.807, 2.05) is 30.3 Å². The Morgan fingerprint density at radius 2 is 1.67 bits per heavy atom. The Morgan fingerprint density at radius 3 is 2.33 bits per heavy atom. The van der Waals surface area contributed by atoms with E-state index in [1.165, 1.54) is 0 Å². The van der Waals surface area contributed by atoms with Gasteiger partial charge in [-0.05, 0) is 31.2 Å². The van der Waals surface area contributed by atoms with Crippen LogP contribution in [0.15, 0.2) is 30.3 Å². The number of hydrogen-bond donors (Lipinski definition) is 0. The fourth-order valence-electron chi connectivity index (χ4n) is 2.10. The lowest BCUT2D eigenvalue weighted by Gasteiger charge is -2.04. The highest BCUT2D eigenvalue weighted by Gasteiger charge is 2.28. The van der Waals surface area contributed by atoms with Gasteiger partial charge in [0, 0.05) is 18.8 Å². The molecule has 1 aliphatic rings. The van der Waals surface area contributed by atoms with Crippen LogP contribution in [0.5, 0.6) is 0 Å². The van der Waals surface area contributed by atoms with E-state index < -0.39 is 11.8 Å². The quantitative estimate of drug-likeness (QED) is 0.398. The maximum absolute atomic E-state index is 11.6. The van der Waals surface area contributed by atoms with Crippen LogP contribution in [0.3, 0.4) is 0 Å². The zero-order chi connectivity index (χ0) is 15.1.